The summed E-state index contributed by atoms with van der Waals surface area (Å²) in [7, 11) is 1.59. The van der Waals surface area contributed by atoms with E-state index in [0.717, 1.165) is 44.0 Å². The van der Waals surface area contributed by atoms with Crippen LogP contribution in [-0.4, -0.2) is 62.3 Å². The predicted molar refractivity (Wildman–Crippen MR) is 123 cm³/mol. The Morgan fingerprint density at radius 3 is 2.68 bits per heavy atom. The Hall–Kier alpha value is -2.26. The molecule has 31 heavy (non-hydrogen) atoms. The molecule has 1 aromatic heterocycles. The van der Waals surface area contributed by atoms with Gasteiger partial charge in [-0.15, -0.1) is 12.4 Å². The molecule has 4 rings (SSSR count). The maximum atomic E-state index is 13.6. The highest BCUT2D eigenvalue weighted by Gasteiger charge is 2.22. The fourth-order valence-electron chi connectivity index (χ4n) is 3.45. The van der Waals surface area contributed by atoms with Crippen LogP contribution < -0.4 is 9.64 Å². The summed E-state index contributed by atoms with van der Waals surface area (Å²) in [5.41, 5.74) is 1.25. The van der Waals surface area contributed by atoms with Crippen LogP contribution in [0.3, 0.4) is 0 Å². The average molecular weight is 466 g/mol. The van der Waals surface area contributed by atoms with Gasteiger partial charge < -0.3 is 9.47 Å². The molecular formula is C22H25ClFN3O3S. The molecule has 0 saturated carbocycles. The Morgan fingerprint density at radius 1 is 1.23 bits per heavy atom. The third-order valence-electron chi connectivity index (χ3n) is 5.11. The van der Waals surface area contributed by atoms with E-state index in [2.05, 4.69) is 9.88 Å². The first kappa shape index (κ1) is 23.4. The molecular weight excluding hydrogens is 441 g/mol. The van der Waals surface area contributed by atoms with Gasteiger partial charge in [0.1, 0.15) is 11.6 Å². The SMILES string of the molecule is COc1ccc(C(=O)N(CCCN2CCOCC2)c2nc3ccc(F)cc3s2)cc1.Cl. The molecule has 1 aliphatic rings. The van der Waals surface area contributed by atoms with Crippen molar-refractivity contribution in [3.05, 3.63) is 53.8 Å². The molecule has 2 heterocycles. The molecule has 6 nitrogen and oxygen atoms in total. The van der Waals surface area contributed by atoms with Gasteiger partial charge in [0.05, 0.1) is 30.5 Å². The van der Waals surface area contributed by atoms with Crippen LogP contribution in [-0.2, 0) is 4.74 Å². The van der Waals surface area contributed by atoms with Crippen molar-refractivity contribution < 1.29 is 18.7 Å². The molecule has 9 heteroatoms. The number of carbonyl (C=O) groups is 1. The van der Waals surface area contributed by atoms with Crippen LogP contribution in [0, 0.1) is 5.82 Å². The zero-order valence-electron chi connectivity index (χ0n) is 17.3. The summed E-state index contributed by atoms with van der Waals surface area (Å²) in [6.45, 7) is 4.73. The molecule has 0 spiro atoms. The van der Waals surface area contributed by atoms with E-state index in [0.29, 0.717) is 28.5 Å². The highest BCUT2D eigenvalue weighted by molar-refractivity contribution is 7.22. The first-order valence-electron chi connectivity index (χ1n) is 9.96. The van der Waals surface area contributed by atoms with Crippen molar-refractivity contribution in [2.75, 3.05) is 51.4 Å². The number of fused-ring (bicyclic) bond motifs is 1. The molecule has 1 aliphatic heterocycles. The van der Waals surface area contributed by atoms with Crippen molar-refractivity contribution in [1.82, 2.24) is 9.88 Å². The molecule has 0 unspecified atom stereocenters. The Morgan fingerprint density at radius 2 is 1.97 bits per heavy atom. The van der Waals surface area contributed by atoms with Gasteiger partial charge in [0.25, 0.3) is 5.91 Å². The fraction of sp³-hybridized carbons (Fsp3) is 0.364. The highest BCUT2D eigenvalue weighted by Crippen LogP contribution is 2.30. The van der Waals surface area contributed by atoms with E-state index in [1.807, 2.05) is 0 Å². The number of morpholine rings is 1. The minimum absolute atomic E-state index is 0. The highest BCUT2D eigenvalue weighted by atomic mass is 35.5. The van der Waals surface area contributed by atoms with Crippen LogP contribution in [0.1, 0.15) is 16.8 Å². The summed E-state index contributed by atoms with van der Waals surface area (Å²) in [6.07, 6.45) is 0.812. The second-order valence-corrected chi connectivity index (χ2v) is 8.11. The van der Waals surface area contributed by atoms with E-state index in [9.17, 15) is 9.18 Å². The molecule has 3 aromatic rings. The number of hydrogen-bond donors (Lipinski definition) is 0. The number of carbonyl (C=O) groups excluding carboxylic acids is 1. The summed E-state index contributed by atoms with van der Waals surface area (Å²) >= 11 is 1.33. The average Bonchev–Trinajstić information content (AvgIpc) is 3.20. The van der Waals surface area contributed by atoms with Gasteiger partial charge >= 0.3 is 0 Å². The van der Waals surface area contributed by atoms with E-state index < -0.39 is 0 Å². The topological polar surface area (TPSA) is 54.9 Å². The number of ether oxygens (including phenoxy) is 2. The molecule has 1 fully saturated rings. The second kappa shape index (κ2) is 10.9. The maximum Gasteiger partial charge on any atom is 0.260 e. The molecule has 0 N–H and O–H groups in total. The summed E-state index contributed by atoms with van der Waals surface area (Å²) in [6, 6.07) is 11.5. The van der Waals surface area contributed by atoms with Gasteiger partial charge in [0, 0.05) is 31.7 Å². The van der Waals surface area contributed by atoms with Crippen LogP contribution in [0.4, 0.5) is 9.52 Å². The van der Waals surface area contributed by atoms with E-state index in [-0.39, 0.29) is 24.1 Å². The maximum absolute atomic E-state index is 13.6. The number of methoxy groups -OCH3 is 1. The van der Waals surface area contributed by atoms with Crippen LogP contribution >= 0.6 is 23.7 Å². The zero-order chi connectivity index (χ0) is 20.9. The third kappa shape index (κ3) is 5.71. The summed E-state index contributed by atoms with van der Waals surface area (Å²) < 4.78 is 24.9. The number of halogens is 2. The van der Waals surface area contributed by atoms with Crippen LogP contribution in [0.5, 0.6) is 5.75 Å². The molecule has 1 saturated heterocycles. The first-order chi connectivity index (χ1) is 14.6. The second-order valence-electron chi connectivity index (χ2n) is 7.10. The number of anilines is 1. The Balaban J connectivity index is 0.00000272. The number of aromatic nitrogens is 1. The van der Waals surface area contributed by atoms with Gasteiger partial charge in [-0.3, -0.25) is 14.6 Å². The normalized spacial score (nSPS) is 14.3. The number of rotatable bonds is 7. The number of hydrogen-bond acceptors (Lipinski definition) is 6. The Bertz CT molecular complexity index is 1010. The quantitative estimate of drug-likeness (QED) is 0.522. The predicted octanol–water partition coefficient (Wildman–Crippen LogP) is 4.23. The number of amides is 1. The minimum atomic E-state index is -0.307. The lowest BCUT2D eigenvalue weighted by Gasteiger charge is -2.27. The smallest absolute Gasteiger partial charge is 0.260 e. The number of nitrogens with zero attached hydrogens (tertiary/aromatic N) is 3. The zero-order valence-corrected chi connectivity index (χ0v) is 18.9. The third-order valence-corrected chi connectivity index (χ3v) is 6.15. The number of thiazole rings is 1. The van der Waals surface area contributed by atoms with Crippen molar-refractivity contribution >= 4 is 45.0 Å². The lowest BCUT2D eigenvalue weighted by Crippen LogP contribution is -2.39. The summed E-state index contributed by atoms with van der Waals surface area (Å²) in [5, 5.41) is 0.582. The fourth-order valence-corrected chi connectivity index (χ4v) is 4.47. The summed E-state index contributed by atoms with van der Waals surface area (Å²) in [4.78, 5) is 22.0. The Kier molecular flexibility index (Phi) is 8.20. The van der Waals surface area contributed by atoms with Crippen LogP contribution in [0.25, 0.3) is 10.2 Å². The van der Waals surface area contributed by atoms with E-state index in [1.54, 1.807) is 42.3 Å². The van der Waals surface area contributed by atoms with Gasteiger partial charge in [-0.25, -0.2) is 9.37 Å². The monoisotopic (exact) mass is 465 g/mol. The van der Waals surface area contributed by atoms with Crippen molar-refractivity contribution in [1.29, 1.82) is 0 Å². The molecule has 1 amide bonds. The van der Waals surface area contributed by atoms with Crippen LogP contribution in [0.15, 0.2) is 42.5 Å². The van der Waals surface area contributed by atoms with Gasteiger partial charge in [-0.2, -0.15) is 0 Å². The van der Waals surface area contributed by atoms with Crippen molar-refractivity contribution in [3.63, 3.8) is 0 Å². The molecule has 0 radical (unpaired) electrons. The summed E-state index contributed by atoms with van der Waals surface area (Å²) in [5.74, 6) is 0.262. The minimum Gasteiger partial charge on any atom is -0.497 e. The molecule has 0 atom stereocenters. The lowest BCUT2D eigenvalue weighted by molar-refractivity contribution is 0.0376. The van der Waals surface area contributed by atoms with Gasteiger partial charge in [0.2, 0.25) is 0 Å². The molecule has 166 valence electrons. The van der Waals surface area contributed by atoms with Crippen molar-refractivity contribution in [2.45, 2.75) is 6.42 Å². The standard InChI is InChI=1S/C22H24FN3O3S.ClH/c1-28-18-6-3-16(4-7-18)21(27)26(10-2-9-25-11-13-29-14-12-25)22-24-19-8-5-17(23)15-20(19)30-22;/h3-8,15H,2,9-14H2,1H3;1H. The van der Waals surface area contributed by atoms with Crippen LogP contribution in [0.2, 0.25) is 0 Å². The van der Waals surface area contributed by atoms with E-state index >= 15 is 0 Å². The first-order valence-corrected chi connectivity index (χ1v) is 10.8. The number of benzene rings is 2. The van der Waals surface area contributed by atoms with Crippen molar-refractivity contribution in [2.24, 2.45) is 0 Å². The van der Waals surface area contributed by atoms with Gasteiger partial charge in [0.15, 0.2) is 5.13 Å². The van der Waals surface area contributed by atoms with Crippen molar-refractivity contribution in [3.8, 4) is 5.75 Å². The molecule has 2 aromatic carbocycles. The molecule has 0 bridgehead atoms. The lowest BCUT2D eigenvalue weighted by atomic mass is 10.2. The Labute approximate surface area is 191 Å². The van der Waals surface area contributed by atoms with Gasteiger partial charge in [-0.1, -0.05) is 11.3 Å². The largest absolute Gasteiger partial charge is 0.497 e. The van der Waals surface area contributed by atoms with E-state index in [1.165, 1.54) is 23.5 Å². The molecule has 0 aliphatic carbocycles. The van der Waals surface area contributed by atoms with Gasteiger partial charge in [-0.05, 0) is 48.9 Å². The van der Waals surface area contributed by atoms with E-state index in [4.69, 9.17) is 9.47 Å².